The lowest BCUT2D eigenvalue weighted by Crippen LogP contribution is -2.12. The van der Waals surface area contributed by atoms with Crippen molar-refractivity contribution in [1.29, 1.82) is 0 Å². The maximum absolute atomic E-state index is 8.98. The van der Waals surface area contributed by atoms with E-state index < -0.39 is 0 Å². The molecule has 1 atom stereocenters. The third-order valence-electron chi connectivity index (χ3n) is 2.48. The van der Waals surface area contributed by atoms with E-state index in [4.69, 9.17) is 34.0 Å². The molecule has 0 fully saturated rings. The lowest BCUT2D eigenvalue weighted by atomic mass is 9.94. The number of aliphatic hydroxyl groups is 1. The van der Waals surface area contributed by atoms with Gasteiger partial charge in [0.15, 0.2) is 0 Å². The molecular formula is C11H15Cl2NO. The summed E-state index contributed by atoms with van der Waals surface area (Å²) in [6, 6.07) is 3.70. The summed E-state index contributed by atoms with van der Waals surface area (Å²) in [6.45, 7) is 2.64. The first-order valence-electron chi connectivity index (χ1n) is 4.89. The van der Waals surface area contributed by atoms with Crippen LogP contribution in [0.5, 0.6) is 0 Å². The lowest BCUT2D eigenvalue weighted by molar-refractivity contribution is 0.299. The quantitative estimate of drug-likeness (QED) is 0.860. The van der Waals surface area contributed by atoms with Crippen LogP contribution >= 0.6 is 23.2 Å². The van der Waals surface area contributed by atoms with Crippen LogP contribution in [-0.4, -0.2) is 18.3 Å². The molecule has 0 aliphatic rings. The van der Waals surface area contributed by atoms with Gasteiger partial charge in [0.2, 0.25) is 0 Å². The Morgan fingerprint density at radius 1 is 1.40 bits per heavy atom. The Balaban J connectivity index is 3.20. The molecule has 0 bridgehead atoms. The van der Waals surface area contributed by atoms with Gasteiger partial charge in [0.05, 0.1) is 10.0 Å². The molecular weight excluding hydrogens is 233 g/mol. The molecule has 0 amide bonds. The molecule has 0 saturated heterocycles. The molecule has 4 heteroatoms. The zero-order valence-corrected chi connectivity index (χ0v) is 10.1. The fourth-order valence-electron chi connectivity index (χ4n) is 1.56. The van der Waals surface area contributed by atoms with E-state index in [9.17, 15) is 0 Å². The smallest absolute Gasteiger partial charge is 0.0628 e. The number of benzene rings is 1. The maximum atomic E-state index is 8.98. The Morgan fingerprint density at radius 2 is 2.07 bits per heavy atom. The lowest BCUT2D eigenvalue weighted by Gasteiger charge is -2.16. The van der Waals surface area contributed by atoms with Crippen LogP contribution in [0.3, 0.4) is 0 Å². The van der Waals surface area contributed by atoms with Crippen LogP contribution in [0.1, 0.15) is 24.0 Å². The number of rotatable bonds is 4. The second-order valence-corrected chi connectivity index (χ2v) is 4.32. The average molecular weight is 248 g/mol. The Kier molecular flexibility index (Phi) is 4.87. The third kappa shape index (κ3) is 2.85. The van der Waals surface area contributed by atoms with Gasteiger partial charge in [-0.25, -0.2) is 0 Å². The fraction of sp³-hybridized carbons (Fsp3) is 0.455. The predicted molar refractivity (Wildman–Crippen MR) is 64.7 cm³/mol. The van der Waals surface area contributed by atoms with Crippen LogP contribution in [-0.2, 0) is 6.42 Å². The normalized spacial score (nSPS) is 12.9. The molecule has 15 heavy (non-hydrogen) atoms. The van der Waals surface area contributed by atoms with Gasteiger partial charge in [-0.1, -0.05) is 36.2 Å². The molecule has 1 aromatic carbocycles. The summed E-state index contributed by atoms with van der Waals surface area (Å²) >= 11 is 12.0. The minimum absolute atomic E-state index is 0.0599. The number of hydrogen-bond acceptors (Lipinski definition) is 2. The van der Waals surface area contributed by atoms with Crippen molar-refractivity contribution in [3.8, 4) is 0 Å². The first kappa shape index (κ1) is 12.8. The molecule has 2 nitrogen and oxygen atoms in total. The summed E-state index contributed by atoms with van der Waals surface area (Å²) in [7, 11) is 0. The zero-order valence-electron chi connectivity index (χ0n) is 8.63. The summed E-state index contributed by atoms with van der Waals surface area (Å²) in [4.78, 5) is 0. The summed E-state index contributed by atoms with van der Waals surface area (Å²) in [5.74, 6) is 0.223. The highest BCUT2D eigenvalue weighted by Gasteiger charge is 2.14. The first-order chi connectivity index (χ1) is 7.11. The van der Waals surface area contributed by atoms with Crippen molar-refractivity contribution in [2.45, 2.75) is 19.3 Å². The van der Waals surface area contributed by atoms with Crippen molar-refractivity contribution in [1.82, 2.24) is 0 Å². The van der Waals surface area contributed by atoms with Crippen LogP contribution in [0.15, 0.2) is 12.1 Å². The summed E-state index contributed by atoms with van der Waals surface area (Å²) in [5.41, 5.74) is 7.60. The maximum Gasteiger partial charge on any atom is 0.0628 e. The van der Waals surface area contributed by atoms with E-state index >= 15 is 0 Å². The first-order valence-corrected chi connectivity index (χ1v) is 5.65. The van der Waals surface area contributed by atoms with E-state index in [0.29, 0.717) is 23.0 Å². The van der Waals surface area contributed by atoms with Crippen LogP contribution in [0.25, 0.3) is 0 Å². The van der Waals surface area contributed by atoms with E-state index in [1.807, 2.05) is 13.0 Å². The van der Waals surface area contributed by atoms with Gasteiger partial charge in [-0.3, -0.25) is 0 Å². The van der Waals surface area contributed by atoms with Crippen molar-refractivity contribution < 1.29 is 5.11 Å². The Morgan fingerprint density at radius 3 is 2.60 bits per heavy atom. The van der Waals surface area contributed by atoms with Crippen LogP contribution in [0.2, 0.25) is 10.0 Å². The molecule has 0 radical (unpaired) electrons. The third-order valence-corrected chi connectivity index (χ3v) is 3.32. The average Bonchev–Trinajstić information content (AvgIpc) is 2.24. The topological polar surface area (TPSA) is 46.2 Å². The number of aliphatic hydroxyl groups excluding tert-OH is 1. The van der Waals surface area contributed by atoms with Gasteiger partial charge in [0.25, 0.3) is 0 Å². The summed E-state index contributed by atoms with van der Waals surface area (Å²) in [5, 5.41) is 10.0. The van der Waals surface area contributed by atoms with Gasteiger partial charge in [0.1, 0.15) is 0 Å². The Bertz CT molecular complexity index is 342. The van der Waals surface area contributed by atoms with Gasteiger partial charge in [0, 0.05) is 6.61 Å². The summed E-state index contributed by atoms with van der Waals surface area (Å²) in [6.07, 6.45) is 0.513. The van der Waals surface area contributed by atoms with Crippen LogP contribution in [0.4, 0.5) is 0 Å². The van der Waals surface area contributed by atoms with E-state index in [0.717, 1.165) is 11.1 Å². The van der Waals surface area contributed by atoms with E-state index in [1.165, 1.54) is 0 Å². The van der Waals surface area contributed by atoms with Gasteiger partial charge in [-0.15, -0.1) is 0 Å². The van der Waals surface area contributed by atoms with Crippen molar-refractivity contribution in [3.05, 3.63) is 33.3 Å². The van der Waals surface area contributed by atoms with E-state index in [-0.39, 0.29) is 12.5 Å². The molecule has 0 saturated carbocycles. The zero-order chi connectivity index (χ0) is 11.4. The largest absolute Gasteiger partial charge is 0.396 e. The molecule has 0 spiro atoms. The number of nitrogens with two attached hydrogens (primary N) is 1. The van der Waals surface area contributed by atoms with E-state index in [1.54, 1.807) is 6.07 Å². The molecule has 3 N–H and O–H groups in total. The Hall–Kier alpha value is -0.280. The fourth-order valence-corrected chi connectivity index (χ4v) is 2.01. The van der Waals surface area contributed by atoms with E-state index in [2.05, 4.69) is 0 Å². The molecule has 0 aliphatic heterocycles. The standard InChI is InChI=1S/C11H15Cl2NO/c1-7(6-14)8-2-3-10(12)11(13)9(8)4-5-15/h2-3,7,15H,4-6,14H2,1H3. The number of halogens is 2. The molecule has 1 aromatic rings. The minimum Gasteiger partial charge on any atom is -0.396 e. The molecule has 0 aliphatic carbocycles. The van der Waals surface area contributed by atoms with Gasteiger partial charge < -0.3 is 10.8 Å². The molecule has 1 rings (SSSR count). The summed E-state index contributed by atoms with van der Waals surface area (Å²) < 4.78 is 0. The highest BCUT2D eigenvalue weighted by molar-refractivity contribution is 6.42. The van der Waals surface area contributed by atoms with Gasteiger partial charge >= 0.3 is 0 Å². The monoisotopic (exact) mass is 247 g/mol. The molecule has 1 unspecified atom stereocenters. The minimum atomic E-state index is 0.0599. The molecule has 84 valence electrons. The van der Waals surface area contributed by atoms with Crippen LogP contribution in [0, 0.1) is 0 Å². The van der Waals surface area contributed by atoms with Crippen molar-refractivity contribution in [2.24, 2.45) is 5.73 Å². The molecule has 0 heterocycles. The predicted octanol–water partition coefficient (Wildman–Crippen LogP) is 2.59. The second-order valence-electron chi connectivity index (χ2n) is 3.54. The number of hydrogen-bond donors (Lipinski definition) is 2. The SMILES string of the molecule is CC(CN)c1ccc(Cl)c(Cl)c1CCO. The second kappa shape index (κ2) is 5.71. The van der Waals surface area contributed by atoms with Crippen molar-refractivity contribution in [3.63, 3.8) is 0 Å². The highest BCUT2D eigenvalue weighted by Crippen LogP contribution is 2.32. The molecule has 0 aromatic heterocycles. The van der Waals surface area contributed by atoms with Crippen molar-refractivity contribution in [2.75, 3.05) is 13.2 Å². The highest BCUT2D eigenvalue weighted by atomic mass is 35.5. The Labute approximate surface area is 100.0 Å². The van der Waals surface area contributed by atoms with Gasteiger partial charge in [-0.05, 0) is 36.1 Å². The van der Waals surface area contributed by atoms with Crippen molar-refractivity contribution >= 4 is 23.2 Å². The van der Waals surface area contributed by atoms with Gasteiger partial charge in [-0.2, -0.15) is 0 Å². The van der Waals surface area contributed by atoms with Crippen LogP contribution < -0.4 is 5.73 Å².